The molecule has 0 aromatic heterocycles. The summed E-state index contributed by atoms with van der Waals surface area (Å²) in [5, 5.41) is 31.8. The van der Waals surface area contributed by atoms with Crippen LogP contribution in [0.15, 0.2) is 12.2 Å². The van der Waals surface area contributed by atoms with Gasteiger partial charge >= 0.3 is 5.97 Å². The van der Waals surface area contributed by atoms with Crippen LogP contribution in [0, 0.1) is 0 Å². The van der Waals surface area contributed by atoms with Crippen molar-refractivity contribution in [2.45, 2.75) is 13.0 Å². The Hall–Kier alpha value is -0.990. The third-order valence-electron chi connectivity index (χ3n) is 0.966. The van der Waals surface area contributed by atoms with Crippen LogP contribution in [-0.4, -0.2) is 66.7 Å². The van der Waals surface area contributed by atoms with Gasteiger partial charge in [0, 0.05) is 20.3 Å². The second-order valence-corrected chi connectivity index (χ2v) is 2.55. The van der Waals surface area contributed by atoms with E-state index < -0.39 is 12.1 Å². The second kappa shape index (κ2) is 20.4. The van der Waals surface area contributed by atoms with Crippen LogP contribution in [0.4, 0.5) is 0 Å². The summed E-state index contributed by atoms with van der Waals surface area (Å²) in [5.41, 5.74) is 0. The fraction of sp³-hybridized carbons (Fsp3) is 0.700. The summed E-state index contributed by atoms with van der Waals surface area (Å²) in [7, 11) is 3.17. The summed E-state index contributed by atoms with van der Waals surface area (Å²) >= 11 is 0. The van der Waals surface area contributed by atoms with Gasteiger partial charge in [-0.25, -0.2) is 4.79 Å². The Morgan fingerprint density at radius 2 is 1.65 bits per heavy atom. The minimum atomic E-state index is -0.954. The molecular formula is C10H22O7. The summed E-state index contributed by atoms with van der Waals surface area (Å²) in [5.74, 6) is -0.891. The lowest BCUT2D eigenvalue weighted by molar-refractivity contribution is -0.131. The van der Waals surface area contributed by atoms with Crippen LogP contribution in [0.25, 0.3) is 0 Å². The van der Waals surface area contributed by atoms with Crippen LogP contribution in [0.5, 0.6) is 0 Å². The maximum absolute atomic E-state index is 9.51. The molecule has 0 heterocycles. The van der Waals surface area contributed by atoms with Crippen molar-refractivity contribution in [3.8, 4) is 0 Å². The number of carbonyl (C=O) groups is 1. The van der Waals surface area contributed by atoms with Crippen LogP contribution < -0.4 is 0 Å². The Labute approximate surface area is 101 Å². The number of aliphatic hydroxyl groups is 3. The summed E-state index contributed by atoms with van der Waals surface area (Å²) in [6.45, 7) is 1.32. The molecule has 0 saturated carbocycles. The third kappa shape index (κ3) is 39.6. The molecule has 0 spiro atoms. The van der Waals surface area contributed by atoms with Gasteiger partial charge in [-0.2, -0.15) is 0 Å². The first kappa shape index (κ1) is 21.3. The van der Waals surface area contributed by atoms with Gasteiger partial charge in [-0.05, 0) is 6.92 Å². The maximum Gasteiger partial charge on any atom is 0.327 e. The first-order valence-electron chi connectivity index (χ1n) is 4.73. The molecule has 0 atom stereocenters. The number of aliphatic carboxylic acids is 1. The fourth-order valence-electron chi connectivity index (χ4n) is 0.318. The number of hydrogen-bond donors (Lipinski definition) is 4. The van der Waals surface area contributed by atoms with Gasteiger partial charge in [0.15, 0.2) is 0 Å². The summed E-state index contributed by atoms with van der Waals surface area (Å²) in [6.07, 6.45) is 1.60. The van der Waals surface area contributed by atoms with Gasteiger partial charge in [-0.1, -0.05) is 6.08 Å². The quantitative estimate of drug-likeness (QED) is 0.375. The Kier molecular flexibility index (Phi) is 25.6. The van der Waals surface area contributed by atoms with Crippen molar-refractivity contribution in [1.29, 1.82) is 0 Å². The molecule has 0 aliphatic carbocycles. The van der Waals surface area contributed by atoms with E-state index in [-0.39, 0.29) is 13.2 Å². The normalized spacial score (nSPS) is 9.35. The van der Waals surface area contributed by atoms with E-state index in [1.165, 1.54) is 6.08 Å². The lowest BCUT2D eigenvalue weighted by atomic mass is 10.4. The fourth-order valence-corrected chi connectivity index (χ4v) is 0.318. The zero-order chi connectivity index (χ0) is 14.1. The highest BCUT2D eigenvalue weighted by Gasteiger charge is 1.93. The van der Waals surface area contributed by atoms with E-state index in [1.807, 2.05) is 0 Å². The Balaban J connectivity index is -0.000000174. The van der Waals surface area contributed by atoms with Crippen LogP contribution in [-0.2, 0) is 14.3 Å². The first-order chi connectivity index (χ1) is 7.99. The standard InChI is InChI=1S/C4H6O2.C3H8O3.C3H8O2/c1-2-3-4(5)6;4-1-3(6)2-5;1-4-3-5-2/h2-3H,1H3,(H,5,6);3-6H,1-2H2;3H2,1-2H3/b3-2+;;. The Morgan fingerprint density at radius 3 is 1.65 bits per heavy atom. The first-order valence-corrected chi connectivity index (χ1v) is 4.73. The zero-order valence-electron chi connectivity index (χ0n) is 10.4. The highest BCUT2D eigenvalue weighted by molar-refractivity contribution is 5.79. The highest BCUT2D eigenvalue weighted by Crippen LogP contribution is 1.71. The number of aliphatic hydroxyl groups excluding tert-OH is 3. The van der Waals surface area contributed by atoms with Gasteiger partial charge in [0.25, 0.3) is 0 Å². The summed E-state index contributed by atoms with van der Waals surface area (Å²) in [4.78, 5) is 9.51. The number of carboxylic acid groups (broad SMARTS) is 1. The molecule has 0 amide bonds. The molecule has 104 valence electrons. The molecule has 0 bridgehead atoms. The van der Waals surface area contributed by atoms with Crippen molar-refractivity contribution < 1.29 is 34.7 Å². The number of rotatable bonds is 5. The molecule has 0 saturated heterocycles. The van der Waals surface area contributed by atoms with Gasteiger partial charge in [-0.3, -0.25) is 0 Å². The van der Waals surface area contributed by atoms with Crippen LogP contribution in [0.2, 0.25) is 0 Å². The van der Waals surface area contributed by atoms with Crippen molar-refractivity contribution in [2.24, 2.45) is 0 Å². The van der Waals surface area contributed by atoms with Crippen LogP contribution in [0.3, 0.4) is 0 Å². The predicted molar refractivity (Wildman–Crippen MR) is 61.5 cm³/mol. The van der Waals surface area contributed by atoms with Crippen molar-refractivity contribution >= 4 is 5.97 Å². The smallest absolute Gasteiger partial charge is 0.327 e. The average molecular weight is 254 g/mol. The maximum atomic E-state index is 9.51. The molecule has 0 radical (unpaired) electrons. The topological polar surface area (TPSA) is 116 Å². The van der Waals surface area contributed by atoms with E-state index in [9.17, 15) is 4.79 Å². The molecule has 0 aromatic rings. The predicted octanol–water partition coefficient (Wildman–Crippen LogP) is -0.784. The monoisotopic (exact) mass is 254 g/mol. The lowest BCUT2D eigenvalue weighted by Crippen LogP contribution is -2.15. The zero-order valence-corrected chi connectivity index (χ0v) is 10.4. The van der Waals surface area contributed by atoms with Gasteiger partial charge in [0.2, 0.25) is 0 Å². The number of methoxy groups -OCH3 is 2. The largest absolute Gasteiger partial charge is 0.478 e. The molecule has 7 heteroatoms. The number of hydrogen-bond acceptors (Lipinski definition) is 6. The van der Waals surface area contributed by atoms with Crippen LogP contribution >= 0.6 is 0 Å². The molecule has 0 unspecified atom stereocenters. The molecule has 4 N–H and O–H groups in total. The minimum Gasteiger partial charge on any atom is -0.478 e. The molecule has 0 aromatic carbocycles. The summed E-state index contributed by atoms with van der Waals surface area (Å²) in [6, 6.07) is 0. The van der Waals surface area contributed by atoms with E-state index in [0.717, 1.165) is 6.08 Å². The lowest BCUT2D eigenvalue weighted by Gasteiger charge is -1.96. The molecule has 7 nitrogen and oxygen atoms in total. The SMILES string of the molecule is C/C=C/C(=O)O.COCOC.OCC(O)CO. The molecule has 0 rings (SSSR count). The molecular weight excluding hydrogens is 232 g/mol. The van der Waals surface area contributed by atoms with Crippen molar-refractivity contribution in [2.75, 3.05) is 34.2 Å². The molecule has 0 aliphatic rings. The van der Waals surface area contributed by atoms with E-state index in [4.69, 9.17) is 20.4 Å². The van der Waals surface area contributed by atoms with E-state index in [1.54, 1.807) is 21.1 Å². The molecule has 0 aliphatic heterocycles. The van der Waals surface area contributed by atoms with Gasteiger partial charge in [-0.15, -0.1) is 0 Å². The van der Waals surface area contributed by atoms with E-state index in [0.29, 0.717) is 6.79 Å². The average Bonchev–Trinajstić information content (AvgIpc) is 2.30. The van der Waals surface area contributed by atoms with Crippen molar-refractivity contribution in [3.63, 3.8) is 0 Å². The Bertz CT molecular complexity index is 164. The van der Waals surface area contributed by atoms with Crippen molar-refractivity contribution in [1.82, 2.24) is 0 Å². The molecule has 17 heavy (non-hydrogen) atoms. The summed E-state index contributed by atoms with van der Waals surface area (Å²) < 4.78 is 8.94. The van der Waals surface area contributed by atoms with E-state index >= 15 is 0 Å². The second-order valence-electron chi connectivity index (χ2n) is 2.55. The van der Waals surface area contributed by atoms with Gasteiger partial charge in [0.1, 0.15) is 12.9 Å². The minimum absolute atomic E-state index is 0.365. The number of ether oxygens (including phenoxy) is 2. The Morgan fingerprint density at radius 1 is 1.24 bits per heavy atom. The van der Waals surface area contributed by atoms with Crippen molar-refractivity contribution in [3.05, 3.63) is 12.2 Å². The number of allylic oxidation sites excluding steroid dienone is 1. The van der Waals surface area contributed by atoms with Gasteiger partial charge < -0.3 is 29.9 Å². The number of carboxylic acids is 1. The van der Waals surface area contributed by atoms with E-state index in [2.05, 4.69) is 9.47 Å². The molecule has 0 fully saturated rings. The highest BCUT2D eigenvalue weighted by atomic mass is 16.6. The van der Waals surface area contributed by atoms with Crippen LogP contribution in [0.1, 0.15) is 6.92 Å². The third-order valence-corrected chi connectivity index (χ3v) is 0.966. The van der Waals surface area contributed by atoms with Gasteiger partial charge in [0.05, 0.1) is 13.2 Å².